The van der Waals surface area contributed by atoms with E-state index in [4.69, 9.17) is 17.3 Å². The Bertz CT molecular complexity index is 415. The van der Waals surface area contributed by atoms with Crippen LogP contribution in [0.15, 0.2) is 18.2 Å². The molecule has 0 aliphatic rings. The molecule has 0 atom stereocenters. The molecule has 2 N–H and O–H groups in total. The van der Waals surface area contributed by atoms with Crippen molar-refractivity contribution in [2.75, 3.05) is 0 Å². The third-order valence-corrected chi connectivity index (χ3v) is 2.30. The SMILES string of the molecule is Cc1cc(C=CCC(N)=O)c(F)cc1Cl. The first-order valence-electron chi connectivity index (χ1n) is 4.41. The molecule has 1 rings (SSSR count). The van der Waals surface area contributed by atoms with Gasteiger partial charge in [0, 0.05) is 17.0 Å². The molecule has 0 bridgehead atoms. The van der Waals surface area contributed by atoms with Crippen LogP contribution < -0.4 is 5.73 Å². The van der Waals surface area contributed by atoms with Gasteiger partial charge in [0.2, 0.25) is 5.91 Å². The lowest BCUT2D eigenvalue weighted by Crippen LogP contribution is -2.07. The predicted octanol–water partition coefficient (Wildman–Crippen LogP) is 2.68. The molecule has 2 nitrogen and oxygen atoms in total. The lowest BCUT2D eigenvalue weighted by Gasteiger charge is -2.01. The summed E-state index contributed by atoms with van der Waals surface area (Å²) in [6.45, 7) is 1.78. The van der Waals surface area contributed by atoms with Crippen LogP contribution in [-0.4, -0.2) is 5.91 Å². The molecule has 1 aromatic carbocycles. The van der Waals surface area contributed by atoms with Crippen LogP contribution in [0.4, 0.5) is 4.39 Å². The molecule has 0 aliphatic heterocycles. The molecule has 80 valence electrons. The Morgan fingerprint density at radius 2 is 2.27 bits per heavy atom. The molecule has 1 amide bonds. The number of primary amides is 1. The van der Waals surface area contributed by atoms with Gasteiger partial charge in [0.05, 0.1) is 0 Å². The molecule has 0 saturated heterocycles. The summed E-state index contributed by atoms with van der Waals surface area (Å²) in [7, 11) is 0. The molecule has 0 aromatic heterocycles. The van der Waals surface area contributed by atoms with Gasteiger partial charge >= 0.3 is 0 Å². The second kappa shape index (κ2) is 4.94. The van der Waals surface area contributed by atoms with Crippen molar-refractivity contribution < 1.29 is 9.18 Å². The molecule has 1 aromatic rings. The summed E-state index contributed by atoms with van der Waals surface area (Å²) in [5.74, 6) is -0.858. The van der Waals surface area contributed by atoms with E-state index in [1.165, 1.54) is 18.2 Å². The number of carbonyl (C=O) groups is 1. The molecule has 0 radical (unpaired) electrons. The van der Waals surface area contributed by atoms with Gasteiger partial charge in [-0.25, -0.2) is 4.39 Å². The normalized spacial score (nSPS) is 10.9. The summed E-state index contributed by atoms with van der Waals surface area (Å²) in [6, 6.07) is 2.87. The summed E-state index contributed by atoms with van der Waals surface area (Å²) >= 11 is 5.73. The van der Waals surface area contributed by atoms with E-state index in [1.807, 2.05) is 0 Å². The zero-order valence-electron chi connectivity index (χ0n) is 8.26. The topological polar surface area (TPSA) is 43.1 Å². The van der Waals surface area contributed by atoms with Gasteiger partial charge in [0.25, 0.3) is 0 Å². The van der Waals surface area contributed by atoms with Crippen molar-refractivity contribution in [3.05, 3.63) is 40.2 Å². The number of aryl methyl sites for hydroxylation is 1. The summed E-state index contributed by atoms with van der Waals surface area (Å²) in [6.07, 6.45) is 3.14. The van der Waals surface area contributed by atoms with E-state index in [0.29, 0.717) is 10.6 Å². The zero-order chi connectivity index (χ0) is 11.4. The number of carbonyl (C=O) groups excluding carboxylic acids is 1. The fourth-order valence-electron chi connectivity index (χ4n) is 1.11. The van der Waals surface area contributed by atoms with Crippen molar-refractivity contribution >= 4 is 23.6 Å². The monoisotopic (exact) mass is 227 g/mol. The number of nitrogens with two attached hydrogens (primary N) is 1. The lowest BCUT2D eigenvalue weighted by molar-refractivity contribution is -0.117. The minimum atomic E-state index is -0.447. The lowest BCUT2D eigenvalue weighted by atomic mass is 10.1. The van der Waals surface area contributed by atoms with Crippen LogP contribution >= 0.6 is 11.6 Å². The van der Waals surface area contributed by atoms with Crippen molar-refractivity contribution in [3.63, 3.8) is 0 Å². The van der Waals surface area contributed by atoms with Crippen molar-refractivity contribution in [1.29, 1.82) is 0 Å². The van der Waals surface area contributed by atoms with E-state index in [0.717, 1.165) is 5.56 Å². The number of amides is 1. The van der Waals surface area contributed by atoms with Crippen LogP contribution in [0.25, 0.3) is 6.08 Å². The molecule has 0 aliphatic carbocycles. The van der Waals surface area contributed by atoms with E-state index in [2.05, 4.69) is 0 Å². The predicted molar refractivity (Wildman–Crippen MR) is 59.0 cm³/mol. The van der Waals surface area contributed by atoms with Gasteiger partial charge in [-0.05, 0) is 24.6 Å². The highest BCUT2D eigenvalue weighted by Crippen LogP contribution is 2.20. The van der Waals surface area contributed by atoms with E-state index < -0.39 is 11.7 Å². The second-order valence-corrected chi connectivity index (χ2v) is 3.60. The maximum Gasteiger partial charge on any atom is 0.221 e. The van der Waals surface area contributed by atoms with Gasteiger partial charge in [-0.15, -0.1) is 0 Å². The number of hydrogen-bond donors (Lipinski definition) is 1. The van der Waals surface area contributed by atoms with Crippen molar-refractivity contribution in [2.24, 2.45) is 5.73 Å². The maximum absolute atomic E-state index is 13.3. The first-order chi connectivity index (χ1) is 7.00. The number of benzene rings is 1. The quantitative estimate of drug-likeness (QED) is 0.848. The average molecular weight is 228 g/mol. The van der Waals surface area contributed by atoms with E-state index in [9.17, 15) is 9.18 Å². The molecule has 15 heavy (non-hydrogen) atoms. The van der Waals surface area contributed by atoms with Crippen LogP contribution in [0.1, 0.15) is 17.5 Å². The summed E-state index contributed by atoms with van der Waals surface area (Å²) in [4.78, 5) is 10.5. The third-order valence-electron chi connectivity index (χ3n) is 1.89. The summed E-state index contributed by atoms with van der Waals surface area (Å²) in [5.41, 5.74) is 6.13. The second-order valence-electron chi connectivity index (χ2n) is 3.20. The van der Waals surface area contributed by atoms with E-state index in [-0.39, 0.29) is 6.42 Å². The minimum Gasteiger partial charge on any atom is -0.369 e. The zero-order valence-corrected chi connectivity index (χ0v) is 9.01. The maximum atomic E-state index is 13.3. The third kappa shape index (κ3) is 3.36. The molecule has 0 heterocycles. The Kier molecular flexibility index (Phi) is 3.86. The fraction of sp³-hybridized carbons (Fsp3) is 0.182. The van der Waals surface area contributed by atoms with Crippen LogP contribution in [0.5, 0.6) is 0 Å². The molecular formula is C11H11ClFNO. The largest absolute Gasteiger partial charge is 0.369 e. The molecule has 0 fully saturated rings. The Balaban J connectivity index is 2.90. The Morgan fingerprint density at radius 1 is 1.60 bits per heavy atom. The highest BCUT2D eigenvalue weighted by Gasteiger charge is 2.03. The summed E-state index contributed by atoms with van der Waals surface area (Å²) in [5, 5.41) is 0.388. The van der Waals surface area contributed by atoms with Crippen LogP contribution in [-0.2, 0) is 4.79 Å². The van der Waals surface area contributed by atoms with E-state index in [1.54, 1.807) is 13.0 Å². The van der Waals surface area contributed by atoms with Gasteiger partial charge in [0.1, 0.15) is 5.82 Å². The fourth-order valence-corrected chi connectivity index (χ4v) is 1.26. The highest BCUT2D eigenvalue weighted by molar-refractivity contribution is 6.31. The number of hydrogen-bond acceptors (Lipinski definition) is 1. The van der Waals surface area contributed by atoms with Crippen molar-refractivity contribution in [1.82, 2.24) is 0 Å². The van der Waals surface area contributed by atoms with Gasteiger partial charge in [0.15, 0.2) is 0 Å². The van der Waals surface area contributed by atoms with Crippen molar-refractivity contribution in [2.45, 2.75) is 13.3 Å². The number of rotatable bonds is 3. The summed E-state index contributed by atoms with van der Waals surface area (Å²) < 4.78 is 13.3. The number of halogens is 2. The average Bonchev–Trinajstić information content (AvgIpc) is 2.13. The molecule has 4 heteroatoms. The molecule has 0 saturated carbocycles. The Labute approximate surface area is 92.5 Å². The van der Waals surface area contributed by atoms with Crippen molar-refractivity contribution in [3.8, 4) is 0 Å². The molecular weight excluding hydrogens is 217 g/mol. The standard InChI is InChI=1S/C11H11ClFNO/c1-7-5-8(3-2-4-11(14)15)10(13)6-9(7)12/h2-3,5-6H,4H2,1H3,(H2,14,15). The van der Waals surface area contributed by atoms with Gasteiger partial charge in [-0.2, -0.15) is 0 Å². The van der Waals surface area contributed by atoms with E-state index >= 15 is 0 Å². The van der Waals surface area contributed by atoms with Crippen LogP contribution in [0, 0.1) is 12.7 Å². The molecule has 0 unspecified atom stereocenters. The Hall–Kier alpha value is -1.35. The minimum absolute atomic E-state index is 0.0983. The first-order valence-corrected chi connectivity index (χ1v) is 4.79. The van der Waals surface area contributed by atoms with Crippen LogP contribution in [0.2, 0.25) is 5.02 Å². The first kappa shape index (κ1) is 11.7. The van der Waals surface area contributed by atoms with Gasteiger partial charge in [-0.3, -0.25) is 4.79 Å². The molecule has 0 spiro atoms. The smallest absolute Gasteiger partial charge is 0.221 e. The highest BCUT2D eigenvalue weighted by atomic mass is 35.5. The Morgan fingerprint density at radius 3 is 2.87 bits per heavy atom. The van der Waals surface area contributed by atoms with Gasteiger partial charge < -0.3 is 5.73 Å². The van der Waals surface area contributed by atoms with Gasteiger partial charge in [-0.1, -0.05) is 23.8 Å². The van der Waals surface area contributed by atoms with Crippen LogP contribution in [0.3, 0.4) is 0 Å².